The first kappa shape index (κ1) is 13.0. The van der Waals surface area contributed by atoms with Gasteiger partial charge in [-0.15, -0.1) is 0 Å². The van der Waals surface area contributed by atoms with Gasteiger partial charge in [0.25, 0.3) is 0 Å². The van der Waals surface area contributed by atoms with Crippen LogP contribution < -0.4 is 0 Å². The Bertz CT molecular complexity index is 700. The fourth-order valence-electron chi connectivity index (χ4n) is 1.83. The molecule has 3 rings (SSSR count). The zero-order chi connectivity index (χ0) is 13.9. The number of aromatic nitrogens is 3. The highest BCUT2D eigenvalue weighted by molar-refractivity contribution is 7.98. The van der Waals surface area contributed by atoms with Gasteiger partial charge in [-0.3, -0.25) is 0 Å². The Labute approximate surface area is 121 Å². The maximum atomic E-state index is 5.54. The molecule has 0 amide bonds. The fourth-order valence-corrected chi connectivity index (χ4v) is 2.64. The van der Waals surface area contributed by atoms with Crippen LogP contribution in [0.5, 0.6) is 0 Å². The number of nitrogens with zero attached hydrogens (tertiary/aromatic N) is 3. The van der Waals surface area contributed by atoms with Gasteiger partial charge in [0, 0.05) is 30.8 Å². The summed E-state index contributed by atoms with van der Waals surface area (Å²) in [5.41, 5.74) is 3.16. The van der Waals surface area contributed by atoms with Crippen molar-refractivity contribution in [1.29, 1.82) is 0 Å². The van der Waals surface area contributed by atoms with Crippen LogP contribution in [0.3, 0.4) is 0 Å². The van der Waals surface area contributed by atoms with Crippen molar-refractivity contribution in [3.63, 3.8) is 0 Å². The number of hydrogen-bond donors (Lipinski definition) is 0. The lowest BCUT2D eigenvalue weighted by Crippen LogP contribution is -1.90. The molecule has 0 radical (unpaired) electrons. The lowest BCUT2D eigenvalue weighted by Gasteiger charge is -1.98. The Morgan fingerprint density at radius 3 is 2.75 bits per heavy atom. The molecule has 0 aliphatic carbocycles. The number of thioether (sulfide) groups is 1. The Kier molecular flexibility index (Phi) is 3.60. The second-order valence-corrected chi connectivity index (χ2v) is 5.56. The average Bonchev–Trinajstić information content (AvgIpc) is 3.06. The van der Waals surface area contributed by atoms with E-state index in [1.54, 1.807) is 24.2 Å². The van der Waals surface area contributed by atoms with Gasteiger partial charge in [0.2, 0.25) is 5.89 Å². The van der Waals surface area contributed by atoms with Gasteiger partial charge in [-0.25, -0.2) is 9.97 Å². The Morgan fingerprint density at radius 1 is 1.25 bits per heavy atom. The minimum absolute atomic E-state index is 0.667. The van der Waals surface area contributed by atoms with Crippen molar-refractivity contribution in [2.24, 2.45) is 7.05 Å². The third-order valence-electron chi connectivity index (χ3n) is 2.98. The van der Waals surface area contributed by atoms with E-state index in [-0.39, 0.29) is 0 Å². The molecule has 0 atom stereocenters. The van der Waals surface area contributed by atoms with Crippen molar-refractivity contribution >= 4 is 11.8 Å². The van der Waals surface area contributed by atoms with Crippen LogP contribution >= 0.6 is 11.8 Å². The predicted octanol–water partition coefficient (Wildman–Crippen LogP) is 3.68. The summed E-state index contributed by atoms with van der Waals surface area (Å²) in [7, 11) is 1.98. The molecule has 1 aromatic carbocycles. The molecule has 0 aliphatic heterocycles. The van der Waals surface area contributed by atoms with Gasteiger partial charge in [0.15, 0.2) is 5.16 Å². The van der Waals surface area contributed by atoms with Gasteiger partial charge in [-0.2, -0.15) is 0 Å². The molecule has 20 heavy (non-hydrogen) atoms. The van der Waals surface area contributed by atoms with E-state index < -0.39 is 0 Å². The van der Waals surface area contributed by atoms with Gasteiger partial charge >= 0.3 is 0 Å². The monoisotopic (exact) mass is 285 g/mol. The first-order valence-corrected chi connectivity index (χ1v) is 7.32. The van der Waals surface area contributed by atoms with Crippen LogP contribution in [0.25, 0.3) is 11.5 Å². The molecular formula is C15H15N3OS. The standard InChI is InChI=1S/C15H15N3OS/c1-11-3-5-12(6-4-11)14-17-13(9-19-14)10-20-15-16-7-8-18(15)2/h3-9H,10H2,1-2H3. The summed E-state index contributed by atoms with van der Waals surface area (Å²) in [6, 6.07) is 8.16. The molecule has 0 N–H and O–H groups in total. The van der Waals surface area contributed by atoms with E-state index in [4.69, 9.17) is 4.42 Å². The van der Waals surface area contributed by atoms with Crippen LogP contribution in [0.15, 0.2) is 52.5 Å². The number of rotatable bonds is 4. The molecule has 0 unspecified atom stereocenters. The maximum Gasteiger partial charge on any atom is 0.226 e. The summed E-state index contributed by atoms with van der Waals surface area (Å²) < 4.78 is 7.53. The average molecular weight is 285 g/mol. The Morgan fingerprint density at radius 2 is 2.05 bits per heavy atom. The van der Waals surface area contributed by atoms with Crippen LogP contribution in [0.4, 0.5) is 0 Å². The highest BCUT2D eigenvalue weighted by Gasteiger charge is 2.08. The smallest absolute Gasteiger partial charge is 0.226 e. The molecule has 0 saturated carbocycles. The van der Waals surface area contributed by atoms with E-state index in [2.05, 4.69) is 29.0 Å². The molecule has 3 aromatic rings. The molecule has 2 heterocycles. The number of oxazole rings is 1. The number of imidazole rings is 1. The van der Waals surface area contributed by atoms with Crippen molar-refractivity contribution in [2.75, 3.05) is 0 Å². The van der Waals surface area contributed by atoms with Crippen molar-refractivity contribution in [3.05, 3.63) is 54.2 Å². The van der Waals surface area contributed by atoms with Crippen LogP contribution in [0.2, 0.25) is 0 Å². The minimum Gasteiger partial charge on any atom is -0.444 e. The van der Waals surface area contributed by atoms with Gasteiger partial charge < -0.3 is 8.98 Å². The molecule has 0 saturated heterocycles. The molecule has 5 heteroatoms. The largest absolute Gasteiger partial charge is 0.444 e. The van der Waals surface area contributed by atoms with Crippen molar-refractivity contribution in [1.82, 2.24) is 14.5 Å². The molecule has 0 aliphatic rings. The van der Waals surface area contributed by atoms with E-state index in [0.29, 0.717) is 5.89 Å². The van der Waals surface area contributed by atoms with Crippen LogP contribution in [-0.2, 0) is 12.8 Å². The minimum atomic E-state index is 0.667. The summed E-state index contributed by atoms with van der Waals surface area (Å²) in [4.78, 5) is 8.79. The van der Waals surface area contributed by atoms with Gasteiger partial charge in [0.05, 0.1) is 5.69 Å². The first-order chi connectivity index (χ1) is 9.72. The fraction of sp³-hybridized carbons (Fsp3) is 0.200. The molecular weight excluding hydrogens is 270 g/mol. The second-order valence-electron chi connectivity index (χ2n) is 4.62. The SMILES string of the molecule is Cc1ccc(-c2nc(CSc3nccn3C)co2)cc1. The quantitative estimate of drug-likeness (QED) is 0.686. The molecule has 0 fully saturated rings. The Hall–Kier alpha value is -2.01. The van der Waals surface area contributed by atoms with Crippen LogP contribution in [-0.4, -0.2) is 14.5 Å². The molecule has 4 nitrogen and oxygen atoms in total. The second kappa shape index (κ2) is 5.54. The summed E-state index contributed by atoms with van der Waals surface area (Å²) >= 11 is 1.65. The maximum absolute atomic E-state index is 5.54. The summed E-state index contributed by atoms with van der Waals surface area (Å²) in [6.07, 6.45) is 5.44. The van der Waals surface area contributed by atoms with E-state index in [1.807, 2.05) is 29.9 Å². The number of aryl methyl sites for hydroxylation is 2. The lowest BCUT2D eigenvalue weighted by atomic mass is 10.1. The van der Waals surface area contributed by atoms with Gasteiger partial charge in [0.1, 0.15) is 6.26 Å². The van der Waals surface area contributed by atoms with Crippen molar-refractivity contribution in [3.8, 4) is 11.5 Å². The molecule has 2 aromatic heterocycles. The van der Waals surface area contributed by atoms with Crippen molar-refractivity contribution < 1.29 is 4.42 Å². The van der Waals surface area contributed by atoms with E-state index in [9.17, 15) is 0 Å². The number of benzene rings is 1. The predicted molar refractivity (Wildman–Crippen MR) is 79.4 cm³/mol. The van der Waals surface area contributed by atoms with Crippen LogP contribution in [0.1, 0.15) is 11.3 Å². The van der Waals surface area contributed by atoms with E-state index in [1.165, 1.54) is 5.56 Å². The summed E-state index contributed by atoms with van der Waals surface area (Å²) in [5, 5.41) is 0.977. The van der Waals surface area contributed by atoms with E-state index in [0.717, 1.165) is 22.2 Å². The normalized spacial score (nSPS) is 10.9. The summed E-state index contributed by atoms with van der Waals surface area (Å²) in [5.74, 6) is 1.42. The van der Waals surface area contributed by atoms with Gasteiger partial charge in [-0.1, -0.05) is 29.5 Å². The van der Waals surface area contributed by atoms with Crippen molar-refractivity contribution in [2.45, 2.75) is 17.8 Å². The highest BCUT2D eigenvalue weighted by Crippen LogP contribution is 2.23. The zero-order valence-electron chi connectivity index (χ0n) is 11.4. The Balaban J connectivity index is 1.71. The topological polar surface area (TPSA) is 43.9 Å². The van der Waals surface area contributed by atoms with Gasteiger partial charge in [-0.05, 0) is 19.1 Å². The third-order valence-corrected chi connectivity index (χ3v) is 4.07. The van der Waals surface area contributed by atoms with E-state index >= 15 is 0 Å². The highest BCUT2D eigenvalue weighted by atomic mass is 32.2. The first-order valence-electron chi connectivity index (χ1n) is 6.34. The molecule has 0 bridgehead atoms. The molecule has 102 valence electrons. The third kappa shape index (κ3) is 2.77. The van der Waals surface area contributed by atoms with Crippen LogP contribution in [0, 0.1) is 6.92 Å². The zero-order valence-corrected chi connectivity index (χ0v) is 12.2. The molecule has 0 spiro atoms. The lowest BCUT2D eigenvalue weighted by molar-refractivity contribution is 0.573. The number of hydrogen-bond acceptors (Lipinski definition) is 4. The summed E-state index contributed by atoms with van der Waals surface area (Å²) in [6.45, 7) is 2.06.